The molecule has 0 bridgehead atoms. The third kappa shape index (κ3) is 3.33. The average molecular weight is 469 g/mol. The Kier molecular flexibility index (Phi) is 4.68. The van der Waals surface area contributed by atoms with Crippen molar-refractivity contribution in [2.75, 3.05) is 0 Å². The van der Waals surface area contributed by atoms with E-state index in [1.807, 2.05) is 6.07 Å². The van der Waals surface area contributed by atoms with Crippen LogP contribution in [0.25, 0.3) is 61.0 Å². The van der Waals surface area contributed by atoms with Gasteiger partial charge in [0.15, 0.2) is 5.82 Å². The highest BCUT2D eigenvalue weighted by Crippen LogP contribution is 2.40. The third-order valence-electron chi connectivity index (χ3n) is 6.99. The van der Waals surface area contributed by atoms with Crippen molar-refractivity contribution in [2.24, 2.45) is 0 Å². The molecule has 0 saturated carbocycles. The Bertz CT molecular complexity index is 1760. The van der Waals surface area contributed by atoms with Crippen molar-refractivity contribution >= 4 is 50.0 Å². The van der Waals surface area contributed by atoms with Gasteiger partial charge in [0.2, 0.25) is 0 Å². The van der Waals surface area contributed by atoms with E-state index in [1.165, 1.54) is 21.9 Å². The number of hydrogen-bond donors (Lipinski definition) is 0. The molecule has 1 heterocycles. The Hall–Kier alpha value is -4.01. The molecule has 0 atom stereocenters. The van der Waals surface area contributed by atoms with Crippen LogP contribution in [-0.4, -0.2) is 9.97 Å². The topological polar surface area (TPSA) is 25.8 Å². The van der Waals surface area contributed by atoms with Crippen molar-refractivity contribution < 1.29 is 0 Å². The third-order valence-corrected chi connectivity index (χ3v) is 7.18. The molecule has 6 aromatic rings. The van der Waals surface area contributed by atoms with Gasteiger partial charge in [0, 0.05) is 17.2 Å². The number of fused-ring (bicyclic) bond motifs is 4. The normalized spacial score (nSPS) is 12.9. The van der Waals surface area contributed by atoms with Gasteiger partial charge in [-0.25, -0.2) is 9.97 Å². The van der Waals surface area contributed by atoms with Gasteiger partial charge in [-0.2, -0.15) is 0 Å². The molecule has 0 amide bonds. The molecular formula is C32H21ClN2. The lowest BCUT2D eigenvalue weighted by atomic mass is 9.87. The molecule has 7 rings (SSSR count). The highest BCUT2D eigenvalue weighted by molar-refractivity contribution is 6.30. The van der Waals surface area contributed by atoms with E-state index < -0.39 is 0 Å². The maximum atomic E-state index is 6.72. The second-order valence-electron chi connectivity index (χ2n) is 9.08. The summed E-state index contributed by atoms with van der Waals surface area (Å²) < 4.78 is 0. The minimum atomic E-state index is 0.448. The van der Waals surface area contributed by atoms with Crippen molar-refractivity contribution in [2.45, 2.75) is 12.8 Å². The zero-order valence-electron chi connectivity index (χ0n) is 19.0. The molecule has 0 saturated heterocycles. The van der Waals surface area contributed by atoms with Gasteiger partial charge >= 0.3 is 0 Å². The summed E-state index contributed by atoms with van der Waals surface area (Å²) in [6.07, 6.45) is 6.58. The summed E-state index contributed by atoms with van der Waals surface area (Å²) in [5.41, 5.74) is 5.60. The molecule has 1 aliphatic carbocycles. The molecule has 0 aliphatic heterocycles. The standard InChI is InChI=1S/C32H21ClN2/c33-29-19-28(30-24-13-5-1-9-20(24)17-21-10-2-6-14-25(21)30)34-32(35-29)31-26-15-7-3-11-22(26)18-23-12-4-8-16-27(23)31/h1,3-9,11-19H,2,10H2. The van der Waals surface area contributed by atoms with Crippen molar-refractivity contribution in [1.82, 2.24) is 9.97 Å². The van der Waals surface area contributed by atoms with Crippen LogP contribution in [0, 0.1) is 0 Å². The maximum Gasteiger partial charge on any atom is 0.162 e. The quantitative estimate of drug-likeness (QED) is 0.187. The summed E-state index contributed by atoms with van der Waals surface area (Å²) >= 11 is 6.72. The molecule has 1 aliphatic rings. The predicted molar refractivity (Wildman–Crippen MR) is 148 cm³/mol. The molecule has 0 spiro atoms. The van der Waals surface area contributed by atoms with Crippen LogP contribution in [0.1, 0.15) is 17.5 Å². The Morgan fingerprint density at radius 3 is 1.91 bits per heavy atom. The molecule has 2 nitrogen and oxygen atoms in total. The highest BCUT2D eigenvalue weighted by atomic mass is 35.5. The second kappa shape index (κ2) is 8.04. The van der Waals surface area contributed by atoms with E-state index in [0.29, 0.717) is 11.0 Å². The second-order valence-corrected chi connectivity index (χ2v) is 9.47. The Balaban J connectivity index is 1.58. The number of halogens is 1. The zero-order valence-corrected chi connectivity index (χ0v) is 19.8. The summed E-state index contributed by atoms with van der Waals surface area (Å²) in [7, 11) is 0. The van der Waals surface area contributed by atoms with Gasteiger partial charge < -0.3 is 0 Å². The van der Waals surface area contributed by atoms with E-state index in [9.17, 15) is 0 Å². The molecule has 0 fully saturated rings. The first kappa shape index (κ1) is 20.4. The van der Waals surface area contributed by atoms with Crippen molar-refractivity contribution in [3.05, 3.63) is 113 Å². The molecule has 3 heteroatoms. The number of aromatic nitrogens is 2. The van der Waals surface area contributed by atoms with Crippen LogP contribution in [0.2, 0.25) is 5.15 Å². The first-order valence-corrected chi connectivity index (χ1v) is 12.3. The molecule has 5 aromatic carbocycles. The monoisotopic (exact) mass is 468 g/mol. The fourth-order valence-electron chi connectivity index (χ4n) is 5.45. The average Bonchev–Trinajstić information content (AvgIpc) is 2.90. The first-order valence-electron chi connectivity index (χ1n) is 11.9. The molecule has 0 unspecified atom stereocenters. The zero-order chi connectivity index (χ0) is 23.4. The lowest BCUT2D eigenvalue weighted by molar-refractivity contribution is 0.989. The van der Waals surface area contributed by atoms with E-state index in [2.05, 4.69) is 97.1 Å². The smallest absolute Gasteiger partial charge is 0.162 e. The molecule has 0 N–H and O–H groups in total. The number of allylic oxidation sites excluding steroid dienone is 1. The first-order chi connectivity index (χ1) is 17.3. The Morgan fingerprint density at radius 1 is 0.629 bits per heavy atom. The van der Waals surface area contributed by atoms with Gasteiger partial charge in [0.1, 0.15) is 5.15 Å². The number of benzene rings is 5. The van der Waals surface area contributed by atoms with Crippen LogP contribution in [0.15, 0.2) is 97.1 Å². The van der Waals surface area contributed by atoms with Crippen LogP contribution in [0.5, 0.6) is 0 Å². The fraction of sp³-hybridized carbons (Fsp3) is 0.0625. The van der Waals surface area contributed by atoms with Gasteiger partial charge in [-0.1, -0.05) is 103 Å². The van der Waals surface area contributed by atoms with Crippen molar-refractivity contribution in [3.63, 3.8) is 0 Å². The molecular weight excluding hydrogens is 448 g/mol. The number of nitrogens with zero attached hydrogens (tertiary/aromatic N) is 2. The molecule has 35 heavy (non-hydrogen) atoms. The van der Waals surface area contributed by atoms with E-state index >= 15 is 0 Å². The van der Waals surface area contributed by atoms with Gasteiger partial charge in [-0.15, -0.1) is 0 Å². The summed E-state index contributed by atoms with van der Waals surface area (Å²) in [6, 6.07) is 31.8. The van der Waals surface area contributed by atoms with Crippen molar-refractivity contribution in [3.8, 4) is 22.6 Å². The van der Waals surface area contributed by atoms with Gasteiger partial charge in [-0.3, -0.25) is 0 Å². The summed E-state index contributed by atoms with van der Waals surface area (Å²) in [6.45, 7) is 0. The van der Waals surface area contributed by atoms with Gasteiger partial charge in [0.05, 0.1) is 5.69 Å². The Morgan fingerprint density at radius 2 is 1.23 bits per heavy atom. The van der Waals surface area contributed by atoms with Crippen LogP contribution in [0.4, 0.5) is 0 Å². The van der Waals surface area contributed by atoms with Crippen LogP contribution < -0.4 is 0 Å². The van der Waals surface area contributed by atoms with E-state index in [-0.39, 0.29) is 0 Å². The molecule has 1 aromatic heterocycles. The SMILES string of the molecule is Clc1cc(-c2c3c(cc4ccccc24)CCC=C3)nc(-c2c3ccccc3cc3ccccc23)n1. The highest BCUT2D eigenvalue weighted by Gasteiger charge is 2.19. The van der Waals surface area contributed by atoms with Crippen LogP contribution in [0.3, 0.4) is 0 Å². The number of aryl methyl sites for hydroxylation is 1. The predicted octanol–water partition coefficient (Wildman–Crippen LogP) is 8.88. The minimum Gasteiger partial charge on any atom is -0.228 e. The Labute approximate surface area is 208 Å². The van der Waals surface area contributed by atoms with Gasteiger partial charge in [0.25, 0.3) is 0 Å². The molecule has 166 valence electrons. The fourth-order valence-corrected chi connectivity index (χ4v) is 5.63. The van der Waals surface area contributed by atoms with Crippen LogP contribution >= 0.6 is 11.6 Å². The lowest BCUT2D eigenvalue weighted by Gasteiger charge is -2.19. The van der Waals surface area contributed by atoms with E-state index in [1.54, 1.807) is 0 Å². The van der Waals surface area contributed by atoms with E-state index in [0.717, 1.165) is 51.2 Å². The summed E-state index contributed by atoms with van der Waals surface area (Å²) in [5, 5.41) is 7.43. The van der Waals surface area contributed by atoms with E-state index in [4.69, 9.17) is 21.6 Å². The van der Waals surface area contributed by atoms with Crippen molar-refractivity contribution in [1.29, 1.82) is 0 Å². The summed E-state index contributed by atoms with van der Waals surface area (Å²) in [4.78, 5) is 9.96. The molecule has 0 radical (unpaired) electrons. The largest absolute Gasteiger partial charge is 0.228 e. The maximum absolute atomic E-state index is 6.72. The van der Waals surface area contributed by atoms with Crippen LogP contribution in [-0.2, 0) is 6.42 Å². The number of hydrogen-bond acceptors (Lipinski definition) is 2. The number of rotatable bonds is 2. The minimum absolute atomic E-state index is 0.448. The summed E-state index contributed by atoms with van der Waals surface area (Å²) in [5.74, 6) is 0.655. The lowest BCUT2D eigenvalue weighted by Crippen LogP contribution is -2.01. The van der Waals surface area contributed by atoms with Gasteiger partial charge in [-0.05, 0) is 62.4 Å².